The Morgan fingerprint density at radius 1 is 1.15 bits per heavy atom. The molecule has 1 heterocycles. The van der Waals surface area contributed by atoms with Crippen molar-refractivity contribution < 1.29 is 9.53 Å². The number of amides is 1. The molecule has 5 nitrogen and oxygen atoms in total. The van der Waals surface area contributed by atoms with E-state index in [1.165, 1.54) is 6.08 Å². The first-order valence-corrected chi connectivity index (χ1v) is 8.28. The van der Waals surface area contributed by atoms with Gasteiger partial charge in [0.15, 0.2) is 0 Å². The quantitative estimate of drug-likeness (QED) is 0.695. The molecule has 0 fully saturated rings. The second-order valence-corrected chi connectivity index (χ2v) is 5.98. The van der Waals surface area contributed by atoms with Crippen LogP contribution in [0.5, 0.6) is 5.75 Å². The van der Waals surface area contributed by atoms with Gasteiger partial charge in [-0.25, -0.2) is 0 Å². The smallest absolute Gasteiger partial charge is 0.253 e. The van der Waals surface area contributed by atoms with Crippen molar-refractivity contribution >= 4 is 22.4 Å². The van der Waals surface area contributed by atoms with Crippen molar-refractivity contribution in [3.05, 3.63) is 82.2 Å². The average molecular weight is 348 g/mol. The van der Waals surface area contributed by atoms with Crippen LogP contribution in [-0.2, 0) is 11.3 Å². The number of methoxy groups -OCH3 is 1. The van der Waals surface area contributed by atoms with Crippen LogP contribution < -0.4 is 15.6 Å². The Balaban J connectivity index is 1.70. The number of aromatic amines is 1. The van der Waals surface area contributed by atoms with Crippen LogP contribution in [0.15, 0.2) is 65.5 Å². The van der Waals surface area contributed by atoms with Crippen LogP contribution in [0.3, 0.4) is 0 Å². The molecular formula is C21H20N2O3. The van der Waals surface area contributed by atoms with E-state index in [1.807, 2.05) is 55.5 Å². The molecule has 0 spiro atoms. The SMILES string of the molecule is COc1ccc(/C(C)=C/C(=O)NCc2cc3ccccc3[nH]c2=O)cc1. The molecule has 0 aliphatic rings. The number of para-hydroxylation sites is 1. The number of benzene rings is 2. The lowest BCUT2D eigenvalue weighted by atomic mass is 10.1. The summed E-state index contributed by atoms with van der Waals surface area (Å²) in [5.74, 6) is 0.521. The van der Waals surface area contributed by atoms with Gasteiger partial charge < -0.3 is 15.0 Å². The van der Waals surface area contributed by atoms with Gasteiger partial charge in [0.2, 0.25) is 5.91 Å². The molecule has 26 heavy (non-hydrogen) atoms. The summed E-state index contributed by atoms with van der Waals surface area (Å²) < 4.78 is 5.13. The predicted octanol–water partition coefficient (Wildman–Crippen LogP) is 3.26. The fourth-order valence-corrected chi connectivity index (χ4v) is 2.69. The molecule has 0 bridgehead atoms. The van der Waals surface area contributed by atoms with Crippen LogP contribution in [0, 0.1) is 0 Å². The van der Waals surface area contributed by atoms with E-state index in [4.69, 9.17) is 4.74 Å². The number of hydrogen-bond donors (Lipinski definition) is 2. The second kappa shape index (κ2) is 7.70. The molecule has 2 N–H and O–H groups in total. The van der Waals surface area contributed by atoms with E-state index in [0.29, 0.717) is 5.56 Å². The number of allylic oxidation sites excluding steroid dienone is 1. The summed E-state index contributed by atoms with van der Waals surface area (Å²) in [6.45, 7) is 2.04. The molecule has 132 valence electrons. The van der Waals surface area contributed by atoms with Gasteiger partial charge in [0.25, 0.3) is 5.56 Å². The van der Waals surface area contributed by atoms with Crippen LogP contribution in [0.4, 0.5) is 0 Å². The lowest BCUT2D eigenvalue weighted by Crippen LogP contribution is -2.25. The molecule has 1 amide bonds. The van der Waals surface area contributed by atoms with E-state index in [2.05, 4.69) is 10.3 Å². The Kier molecular flexibility index (Phi) is 5.17. The molecule has 0 radical (unpaired) electrons. The average Bonchev–Trinajstić information content (AvgIpc) is 2.66. The summed E-state index contributed by atoms with van der Waals surface area (Å²) in [5, 5.41) is 3.70. The van der Waals surface area contributed by atoms with Crippen molar-refractivity contribution in [1.29, 1.82) is 0 Å². The predicted molar refractivity (Wildman–Crippen MR) is 103 cm³/mol. The first-order chi connectivity index (χ1) is 12.6. The number of ether oxygens (including phenoxy) is 1. The number of pyridine rings is 1. The van der Waals surface area contributed by atoms with Gasteiger partial charge >= 0.3 is 0 Å². The number of H-pyrrole nitrogens is 1. The number of fused-ring (bicyclic) bond motifs is 1. The summed E-state index contributed by atoms with van der Waals surface area (Å²) in [4.78, 5) is 27.1. The van der Waals surface area contributed by atoms with Crippen molar-refractivity contribution in [2.45, 2.75) is 13.5 Å². The third-order valence-corrected chi connectivity index (χ3v) is 4.18. The lowest BCUT2D eigenvalue weighted by molar-refractivity contribution is -0.116. The number of aromatic nitrogens is 1. The second-order valence-electron chi connectivity index (χ2n) is 5.98. The number of hydrogen-bond acceptors (Lipinski definition) is 3. The van der Waals surface area contributed by atoms with Crippen LogP contribution >= 0.6 is 0 Å². The first-order valence-electron chi connectivity index (χ1n) is 8.28. The normalized spacial score (nSPS) is 11.4. The third-order valence-electron chi connectivity index (χ3n) is 4.18. The van der Waals surface area contributed by atoms with E-state index < -0.39 is 0 Å². The fraction of sp³-hybridized carbons (Fsp3) is 0.143. The maximum absolute atomic E-state index is 12.2. The molecule has 1 aromatic heterocycles. The molecule has 0 aliphatic heterocycles. The summed E-state index contributed by atoms with van der Waals surface area (Å²) in [5.41, 5.74) is 2.87. The topological polar surface area (TPSA) is 71.2 Å². The van der Waals surface area contributed by atoms with Crippen LogP contribution in [0.2, 0.25) is 0 Å². The van der Waals surface area contributed by atoms with Crippen molar-refractivity contribution in [3.63, 3.8) is 0 Å². The Hall–Kier alpha value is -3.34. The molecule has 0 atom stereocenters. The minimum atomic E-state index is -0.245. The summed E-state index contributed by atoms with van der Waals surface area (Å²) in [6, 6.07) is 16.8. The van der Waals surface area contributed by atoms with E-state index in [9.17, 15) is 9.59 Å². The minimum absolute atomic E-state index is 0.172. The van der Waals surface area contributed by atoms with Crippen molar-refractivity contribution in [2.75, 3.05) is 7.11 Å². The maximum Gasteiger partial charge on any atom is 0.253 e. The van der Waals surface area contributed by atoms with Gasteiger partial charge in [-0.3, -0.25) is 9.59 Å². The zero-order chi connectivity index (χ0) is 18.5. The first kappa shape index (κ1) is 17.5. The van der Waals surface area contributed by atoms with Gasteiger partial charge in [0.05, 0.1) is 7.11 Å². The highest BCUT2D eigenvalue weighted by Gasteiger charge is 2.05. The fourth-order valence-electron chi connectivity index (χ4n) is 2.69. The van der Waals surface area contributed by atoms with E-state index in [-0.39, 0.29) is 18.0 Å². The molecule has 0 saturated heterocycles. The van der Waals surface area contributed by atoms with E-state index >= 15 is 0 Å². The molecule has 3 aromatic rings. The summed E-state index contributed by atoms with van der Waals surface area (Å²) >= 11 is 0. The maximum atomic E-state index is 12.2. The molecule has 0 aliphatic carbocycles. The zero-order valence-electron chi connectivity index (χ0n) is 14.7. The van der Waals surface area contributed by atoms with Crippen LogP contribution in [-0.4, -0.2) is 18.0 Å². The van der Waals surface area contributed by atoms with E-state index in [0.717, 1.165) is 27.8 Å². The van der Waals surface area contributed by atoms with E-state index in [1.54, 1.807) is 13.2 Å². The van der Waals surface area contributed by atoms with Gasteiger partial charge in [-0.15, -0.1) is 0 Å². The highest BCUT2D eigenvalue weighted by Crippen LogP contribution is 2.18. The number of carbonyl (C=O) groups is 1. The lowest BCUT2D eigenvalue weighted by Gasteiger charge is -2.06. The highest BCUT2D eigenvalue weighted by atomic mass is 16.5. The molecule has 3 rings (SSSR count). The number of rotatable bonds is 5. The third kappa shape index (κ3) is 4.00. The van der Waals surface area contributed by atoms with Crippen molar-refractivity contribution in [1.82, 2.24) is 10.3 Å². The molecule has 0 saturated carbocycles. The van der Waals surface area contributed by atoms with Gasteiger partial charge in [-0.1, -0.05) is 30.3 Å². The highest BCUT2D eigenvalue weighted by molar-refractivity contribution is 5.94. The Morgan fingerprint density at radius 3 is 2.62 bits per heavy atom. The van der Waals surface area contributed by atoms with Crippen LogP contribution in [0.1, 0.15) is 18.1 Å². The van der Waals surface area contributed by atoms with Gasteiger partial charge in [0, 0.05) is 23.7 Å². The standard InChI is InChI=1S/C21H20N2O3/c1-14(15-7-9-18(26-2)10-8-15)11-20(24)22-13-17-12-16-5-3-4-6-19(16)23-21(17)25/h3-12H,13H2,1-2H3,(H,22,24)(H,23,25)/b14-11+. The van der Waals surface area contributed by atoms with Crippen molar-refractivity contribution in [3.8, 4) is 5.75 Å². The molecular weight excluding hydrogens is 328 g/mol. The molecule has 2 aromatic carbocycles. The molecule has 5 heteroatoms. The number of nitrogens with one attached hydrogen (secondary N) is 2. The minimum Gasteiger partial charge on any atom is -0.497 e. The number of carbonyl (C=O) groups excluding carboxylic acids is 1. The van der Waals surface area contributed by atoms with Crippen LogP contribution in [0.25, 0.3) is 16.5 Å². The molecule has 0 unspecified atom stereocenters. The van der Waals surface area contributed by atoms with Gasteiger partial charge in [0.1, 0.15) is 5.75 Å². The van der Waals surface area contributed by atoms with Gasteiger partial charge in [-0.05, 0) is 47.7 Å². The summed E-state index contributed by atoms with van der Waals surface area (Å²) in [7, 11) is 1.61. The Labute approximate surface area is 151 Å². The van der Waals surface area contributed by atoms with Gasteiger partial charge in [-0.2, -0.15) is 0 Å². The Morgan fingerprint density at radius 2 is 1.88 bits per heavy atom. The Bertz CT molecular complexity index is 1020. The van der Waals surface area contributed by atoms with Crippen molar-refractivity contribution in [2.24, 2.45) is 0 Å². The largest absolute Gasteiger partial charge is 0.497 e. The monoisotopic (exact) mass is 348 g/mol. The summed E-state index contributed by atoms with van der Waals surface area (Å²) in [6.07, 6.45) is 1.52. The zero-order valence-corrected chi connectivity index (χ0v) is 14.7.